The zero-order valence-electron chi connectivity index (χ0n) is 11.6. The third-order valence-electron chi connectivity index (χ3n) is 3.30. The fourth-order valence-electron chi connectivity index (χ4n) is 2.39. The van der Waals surface area contributed by atoms with Gasteiger partial charge in [-0.25, -0.2) is 0 Å². The number of halogens is 1. The van der Waals surface area contributed by atoms with Crippen molar-refractivity contribution in [2.75, 3.05) is 19.8 Å². The Hall–Kier alpha value is -0.580. The van der Waals surface area contributed by atoms with Crippen molar-refractivity contribution in [2.45, 2.75) is 38.3 Å². The molecule has 2 rings (SSSR count). The lowest BCUT2D eigenvalue weighted by Gasteiger charge is -2.35. The van der Waals surface area contributed by atoms with E-state index in [0.717, 1.165) is 36.2 Å². The normalized spacial score (nSPS) is 22.2. The molecule has 1 fully saturated rings. The van der Waals surface area contributed by atoms with Crippen molar-refractivity contribution in [3.05, 3.63) is 28.7 Å². The Bertz CT molecular complexity index is 409. The Morgan fingerprint density at radius 3 is 3.05 bits per heavy atom. The highest BCUT2D eigenvalue weighted by atomic mass is 79.9. The van der Waals surface area contributed by atoms with E-state index in [4.69, 9.17) is 9.47 Å². The summed E-state index contributed by atoms with van der Waals surface area (Å²) in [5.74, 6) is 0.906. The minimum Gasteiger partial charge on any atom is -0.492 e. The van der Waals surface area contributed by atoms with Gasteiger partial charge in [-0.15, -0.1) is 0 Å². The minimum atomic E-state index is 0.00106. The molecule has 106 valence electrons. The Balaban J connectivity index is 1.67. The van der Waals surface area contributed by atoms with Crippen molar-refractivity contribution in [1.82, 2.24) is 5.32 Å². The molecule has 0 amide bonds. The maximum absolute atomic E-state index is 5.71. The van der Waals surface area contributed by atoms with Crippen molar-refractivity contribution in [1.29, 1.82) is 0 Å². The average molecular weight is 328 g/mol. The number of rotatable bonds is 5. The summed E-state index contributed by atoms with van der Waals surface area (Å²) in [7, 11) is 0. The lowest BCUT2D eigenvalue weighted by molar-refractivity contribution is -0.0630. The highest BCUT2D eigenvalue weighted by Crippen LogP contribution is 2.23. The molecule has 0 saturated carbocycles. The summed E-state index contributed by atoms with van der Waals surface area (Å²) in [6.07, 6.45) is 2.14. The van der Waals surface area contributed by atoms with Gasteiger partial charge < -0.3 is 14.8 Å². The fraction of sp³-hybridized carbons (Fsp3) is 0.600. The van der Waals surface area contributed by atoms with Crippen LogP contribution in [0.2, 0.25) is 0 Å². The van der Waals surface area contributed by atoms with Gasteiger partial charge in [0.25, 0.3) is 0 Å². The molecule has 1 heterocycles. The van der Waals surface area contributed by atoms with Crippen molar-refractivity contribution in [3.63, 3.8) is 0 Å². The van der Waals surface area contributed by atoms with Crippen LogP contribution in [0.5, 0.6) is 5.75 Å². The molecule has 0 spiro atoms. The Morgan fingerprint density at radius 1 is 1.47 bits per heavy atom. The van der Waals surface area contributed by atoms with Crippen LogP contribution in [0.4, 0.5) is 0 Å². The summed E-state index contributed by atoms with van der Waals surface area (Å²) in [6, 6.07) is 8.47. The molecule has 1 atom stereocenters. The lowest BCUT2D eigenvalue weighted by Crippen LogP contribution is -2.44. The summed E-state index contributed by atoms with van der Waals surface area (Å²) in [4.78, 5) is 0. The van der Waals surface area contributed by atoms with Crippen LogP contribution in [0.15, 0.2) is 28.7 Å². The molecule has 0 bridgehead atoms. The molecule has 0 aliphatic carbocycles. The second-order valence-electron chi connectivity index (χ2n) is 5.56. The number of hydrogen-bond donors (Lipinski definition) is 1. The standard InChI is InChI=1S/C15H22BrNO2/c1-15(2)11-13(6-8-19-15)17-7-9-18-14-5-3-4-12(16)10-14/h3-5,10,13,17H,6-9,11H2,1-2H3. The van der Waals surface area contributed by atoms with E-state index in [9.17, 15) is 0 Å². The first-order chi connectivity index (χ1) is 9.05. The molecule has 3 nitrogen and oxygen atoms in total. The first-order valence-corrected chi connectivity index (χ1v) is 7.60. The van der Waals surface area contributed by atoms with Crippen LogP contribution in [-0.4, -0.2) is 31.4 Å². The van der Waals surface area contributed by atoms with E-state index in [1.807, 2.05) is 24.3 Å². The predicted octanol–water partition coefficient (Wildman–Crippen LogP) is 3.38. The molecule has 1 aliphatic rings. The van der Waals surface area contributed by atoms with Gasteiger partial charge in [-0.2, -0.15) is 0 Å². The highest BCUT2D eigenvalue weighted by Gasteiger charge is 2.28. The molecule has 1 aromatic carbocycles. The highest BCUT2D eigenvalue weighted by molar-refractivity contribution is 9.10. The van der Waals surface area contributed by atoms with Crippen molar-refractivity contribution in [2.24, 2.45) is 0 Å². The van der Waals surface area contributed by atoms with Crippen molar-refractivity contribution >= 4 is 15.9 Å². The van der Waals surface area contributed by atoms with Gasteiger partial charge in [0, 0.05) is 23.7 Å². The number of ether oxygens (including phenoxy) is 2. The van der Waals surface area contributed by atoms with Gasteiger partial charge in [0.1, 0.15) is 12.4 Å². The van der Waals surface area contributed by atoms with Crippen molar-refractivity contribution < 1.29 is 9.47 Å². The molecule has 4 heteroatoms. The fourth-order valence-corrected chi connectivity index (χ4v) is 2.77. The molecular weight excluding hydrogens is 306 g/mol. The van der Waals surface area contributed by atoms with E-state index < -0.39 is 0 Å². The van der Waals surface area contributed by atoms with Crippen LogP contribution < -0.4 is 10.1 Å². The minimum absolute atomic E-state index is 0.00106. The second-order valence-corrected chi connectivity index (χ2v) is 6.47. The van der Waals surface area contributed by atoms with Gasteiger partial charge in [0.2, 0.25) is 0 Å². The van der Waals surface area contributed by atoms with E-state index in [-0.39, 0.29) is 5.60 Å². The smallest absolute Gasteiger partial charge is 0.120 e. The molecule has 1 unspecified atom stereocenters. The van der Waals surface area contributed by atoms with Crippen LogP contribution in [0, 0.1) is 0 Å². The molecule has 0 radical (unpaired) electrons. The van der Waals surface area contributed by atoms with Gasteiger partial charge in [-0.3, -0.25) is 0 Å². The summed E-state index contributed by atoms with van der Waals surface area (Å²) in [5.41, 5.74) is 0.00106. The van der Waals surface area contributed by atoms with E-state index in [2.05, 4.69) is 35.1 Å². The predicted molar refractivity (Wildman–Crippen MR) is 80.7 cm³/mol. The summed E-state index contributed by atoms with van der Waals surface area (Å²) in [5, 5.41) is 3.55. The molecular formula is C15H22BrNO2. The quantitative estimate of drug-likeness (QED) is 0.841. The van der Waals surface area contributed by atoms with Gasteiger partial charge >= 0.3 is 0 Å². The topological polar surface area (TPSA) is 30.5 Å². The lowest BCUT2D eigenvalue weighted by atomic mass is 9.94. The third-order valence-corrected chi connectivity index (χ3v) is 3.79. The van der Waals surface area contributed by atoms with E-state index in [0.29, 0.717) is 12.6 Å². The monoisotopic (exact) mass is 327 g/mol. The van der Waals surface area contributed by atoms with E-state index in [1.165, 1.54) is 0 Å². The number of benzene rings is 1. The zero-order chi connectivity index (χ0) is 13.7. The molecule has 1 N–H and O–H groups in total. The van der Waals surface area contributed by atoms with Crippen LogP contribution in [0.3, 0.4) is 0 Å². The summed E-state index contributed by atoms with van der Waals surface area (Å²) in [6.45, 7) is 6.70. The molecule has 1 aromatic rings. The number of nitrogens with one attached hydrogen (secondary N) is 1. The molecule has 1 aliphatic heterocycles. The Labute approximate surface area is 123 Å². The van der Waals surface area contributed by atoms with Crippen LogP contribution in [0.1, 0.15) is 26.7 Å². The first-order valence-electron chi connectivity index (χ1n) is 6.81. The van der Waals surface area contributed by atoms with Crippen molar-refractivity contribution in [3.8, 4) is 5.75 Å². The van der Waals surface area contributed by atoms with Gasteiger partial charge in [-0.1, -0.05) is 22.0 Å². The largest absolute Gasteiger partial charge is 0.492 e. The van der Waals surface area contributed by atoms with Gasteiger partial charge in [0.05, 0.1) is 5.60 Å². The molecule has 0 aromatic heterocycles. The molecule has 1 saturated heterocycles. The Kier molecular flexibility index (Phi) is 5.25. The number of hydrogen-bond acceptors (Lipinski definition) is 3. The van der Waals surface area contributed by atoms with Gasteiger partial charge in [0.15, 0.2) is 0 Å². The maximum Gasteiger partial charge on any atom is 0.120 e. The summed E-state index contributed by atoms with van der Waals surface area (Å²) < 4.78 is 12.5. The average Bonchev–Trinajstić information content (AvgIpc) is 2.34. The zero-order valence-corrected chi connectivity index (χ0v) is 13.2. The van der Waals surface area contributed by atoms with Crippen LogP contribution in [0.25, 0.3) is 0 Å². The molecule has 19 heavy (non-hydrogen) atoms. The second kappa shape index (κ2) is 6.73. The maximum atomic E-state index is 5.71. The van der Waals surface area contributed by atoms with E-state index >= 15 is 0 Å². The van der Waals surface area contributed by atoms with Crippen LogP contribution in [-0.2, 0) is 4.74 Å². The first kappa shape index (κ1) is 14.8. The Morgan fingerprint density at radius 2 is 2.32 bits per heavy atom. The summed E-state index contributed by atoms with van der Waals surface area (Å²) >= 11 is 3.44. The van der Waals surface area contributed by atoms with E-state index in [1.54, 1.807) is 0 Å². The third kappa shape index (κ3) is 5.13. The van der Waals surface area contributed by atoms with Crippen LogP contribution >= 0.6 is 15.9 Å². The SMILES string of the molecule is CC1(C)CC(NCCOc2cccc(Br)c2)CCO1. The van der Waals surface area contributed by atoms with Gasteiger partial charge in [-0.05, 0) is 44.9 Å².